The number of anilines is 1. The highest BCUT2D eigenvalue weighted by Crippen LogP contribution is 2.34. The average molecular weight is 468 g/mol. The van der Waals surface area contributed by atoms with E-state index in [0.29, 0.717) is 29.8 Å². The number of amides is 2. The van der Waals surface area contributed by atoms with Crippen molar-refractivity contribution >= 4 is 40.1 Å². The average Bonchev–Trinajstić information content (AvgIpc) is 3.41. The van der Waals surface area contributed by atoms with E-state index in [9.17, 15) is 9.59 Å². The Morgan fingerprint density at radius 1 is 1.24 bits per heavy atom. The number of para-hydroxylation sites is 2. The van der Waals surface area contributed by atoms with Gasteiger partial charge in [-0.1, -0.05) is 30.0 Å². The van der Waals surface area contributed by atoms with E-state index >= 15 is 0 Å². The number of nitrogens with one attached hydrogen (secondary N) is 1. The summed E-state index contributed by atoms with van der Waals surface area (Å²) in [6.45, 7) is 5.27. The maximum absolute atomic E-state index is 13.3. The molecule has 33 heavy (non-hydrogen) atoms. The monoisotopic (exact) mass is 467 g/mol. The number of rotatable bonds is 7. The van der Waals surface area contributed by atoms with Crippen LogP contribution in [0.1, 0.15) is 30.4 Å². The van der Waals surface area contributed by atoms with E-state index in [1.165, 1.54) is 17.3 Å². The molecule has 1 N–H and O–H groups in total. The predicted octanol–water partition coefficient (Wildman–Crippen LogP) is 4.45. The van der Waals surface area contributed by atoms with E-state index in [-0.39, 0.29) is 24.3 Å². The maximum Gasteiger partial charge on any atom is 0.242 e. The number of methoxy groups -OCH3 is 1. The molecule has 2 aromatic carbocycles. The largest absolute Gasteiger partial charge is 0.495 e. The Hall–Kier alpha value is -2.84. The summed E-state index contributed by atoms with van der Waals surface area (Å²) < 4.78 is 11.1. The second-order valence-corrected chi connectivity index (χ2v) is 9.48. The van der Waals surface area contributed by atoms with Crippen LogP contribution in [0.25, 0.3) is 0 Å². The van der Waals surface area contributed by atoms with Gasteiger partial charge in [0.1, 0.15) is 11.0 Å². The Labute approximate surface area is 198 Å². The van der Waals surface area contributed by atoms with Crippen molar-refractivity contribution in [3.63, 3.8) is 0 Å². The van der Waals surface area contributed by atoms with Crippen LogP contribution >= 0.6 is 11.8 Å². The lowest BCUT2D eigenvalue weighted by Crippen LogP contribution is -2.38. The molecular weight excluding hydrogens is 438 g/mol. The lowest BCUT2D eigenvalue weighted by Gasteiger charge is -2.20. The summed E-state index contributed by atoms with van der Waals surface area (Å²) in [5, 5.41) is 2.95. The predicted molar refractivity (Wildman–Crippen MR) is 131 cm³/mol. The number of carbonyl (C=O) groups is 2. The first kappa shape index (κ1) is 23.3. The third kappa shape index (κ3) is 5.57. The molecular formula is C25H29N3O4S. The Morgan fingerprint density at radius 2 is 2.06 bits per heavy atom. The van der Waals surface area contributed by atoms with Crippen LogP contribution in [0, 0.1) is 13.8 Å². The molecule has 8 heteroatoms. The van der Waals surface area contributed by atoms with E-state index in [1.807, 2.05) is 37.3 Å². The molecule has 2 aliphatic heterocycles. The Kier molecular flexibility index (Phi) is 7.35. The molecule has 0 saturated carbocycles. The molecule has 2 heterocycles. The van der Waals surface area contributed by atoms with Crippen molar-refractivity contribution in [3.8, 4) is 5.75 Å². The first-order valence-corrected chi connectivity index (χ1v) is 12.0. The molecule has 0 spiro atoms. The van der Waals surface area contributed by atoms with Gasteiger partial charge >= 0.3 is 0 Å². The number of amidine groups is 1. The Balaban J connectivity index is 1.52. The van der Waals surface area contributed by atoms with Crippen LogP contribution < -0.4 is 10.1 Å². The van der Waals surface area contributed by atoms with Gasteiger partial charge in [-0.25, -0.2) is 4.99 Å². The van der Waals surface area contributed by atoms with Gasteiger partial charge in [0.2, 0.25) is 11.8 Å². The topological polar surface area (TPSA) is 80.2 Å². The van der Waals surface area contributed by atoms with E-state index in [2.05, 4.69) is 12.2 Å². The summed E-state index contributed by atoms with van der Waals surface area (Å²) in [7, 11) is 1.56. The number of aryl methyl sites for hydroxylation is 2. The highest BCUT2D eigenvalue weighted by atomic mass is 32.2. The molecule has 2 aliphatic rings. The van der Waals surface area contributed by atoms with Crippen LogP contribution in [0.15, 0.2) is 47.5 Å². The van der Waals surface area contributed by atoms with Crippen LogP contribution in [0.5, 0.6) is 5.75 Å². The summed E-state index contributed by atoms with van der Waals surface area (Å²) in [4.78, 5) is 32.5. The molecule has 2 saturated heterocycles. The summed E-state index contributed by atoms with van der Waals surface area (Å²) in [6.07, 6.45) is 1.97. The molecule has 4 rings (SSSR count). The molecule has 2 unspecified atom stereocenters. The van der Waals surface area contributed by atoms with Gasteiger partial charge in [0.15, 0.2) is 5.17 Å². The van der Waals surface area contributed by atoms with Gasteiger partial charge < -0.3 is 14.8 Å². The van der Waals surface area contributed by atoms with Crippen molar-refractivity contribution in [1.29, 1.82) is 0 Å². The van der Waals surface area contributed by atoms with E-state index < -0.39 is 5.25 Å². The highest BCUT2D eigenvalue weighted by molar-refractivity contribution is 8.15. The minimum absolute atomic E-state index is 0.000611. The van der Waals surface area contributed by atoms with Crippen LogP contribution in [-0.2, 0) is 14.3 Å². The van der Waals surface area contributed by atoms with Crippen LogP contribution in [0.3, 0.4) is 0 Å². The van der Waals surface area contributed by atoms with Crippen molar-refractivity contribution in [2.24, 2.45) is 4.99 Å². The zero-order chi connectivity index (χ0) is 23.4. The SMILES string of the molecule is COc1ccccc1NC(=O)CC1SC(=Nc2ccc(C)c(C)c2)N(CC2CCCO2)C1=O. The summed E-state index contributed by atoms with van der Waals surface area (Å²) in [6, 6.07) is 13.2. The Bertz CT molecular complexity index is 1070. The van der Waals surface area contributed by atoms with Gasteiger partial charge in [0, 0.05) is 13.0 Å². The molecule has 0 radical (unpaired) electrons. The van der Waals surface area contributed by atoms with E-state index in [0.717, 1.165) is 24.1 Å². The van der Waals surface area contributed by atoms with Crippen molar-refractivity contribution in [1.82, 2.24) is 4.90 Å². The third-order valence-corrected chi connectivity index (χ3v) is 7.07. The second kappa shape index (κ2) is 10.4. The Morgan fingerprint density at radius 3 is 2.79 bits per heavy atom. The minimum Gasteiger partial charge on any atom is -0.495 e. The number of aliphatic imine (C=N–C) groups is 1. The molecule has 2 amide bonds. The number of benzene rings is 2. The molecule has 2 atom stereocenters. The van der Waals surface area contributed by atoms with E-state index in [4.69, 9.17) is 14.5 Å². The number of thioether (sulfide) groups is 1. The van der Waals surface area contributed by atoms with Gasteiger partial charge in [0.05, 0.1) is 31.1 Å². The second-order valence-electron chi connectivity index (χ2n) is 8.31. The first-order valence-electron chi connectivity index (χ1n) is 11.1. The van der Waals surface area contributed by atoms with Crippen molar-refractivity contribution in [2.45, 2.75) is 44.5 Å². The maximum atomic E-state index is 13.3. The number of nitrogens with zero attached hydrogens (tertiary/aromatic N) is 2. The van der Waals surface area contributed by atoms with Crippen molar-refractivity contribution < 1.29 is 19.1 Å². The molecule has 0 aromatic heterocycles. The zero-order valence-corrected chi connectivity index (χ0v) is 20.0. The number of carbonyl (C=O) groups excluding carboxylic acids is 2. The summed E-state index contributed by atoms with van der Waals surface area (Å²) >= 11 is 1.34. The van der Waals surface area contributed by atoms with Gasteiger partial charge in [0.25, 0.3) is 0 Å². The van der Waals surface area contributed by atoms with Crippen molar-refractivity contribution in [3.05, 3.63) is 53.6 Å². The number of hydrogen-bond acceptors (Lipinski definition) is 6. The van der Waals surface area contributed by atoms with Gasteiger partial charge in [-0.05, 0) is 62.1 Å². The van der Waals surface area contributed by atoms with Gasteiger partial charge in [-0.15, -0.1) is 0 Å². The fourth-order valence-corrected chi connectivity index (χ4v) is 5.08. The first-order chi connectivity index (χ1) is 15.9. The molecule has 0 aliphatic carbocycles. The quantitative estimate of drug-likeness (QED) is 0.651. The molecule has 0 bridgehead atoms. The van der Waals surface area contributed by atoms with E-state index in [1.54, 1.807) is 24.1 Å². The molecule has 7 nitrogen and oxygen atoms in total. The standard InChI is InChI=1S/C25H29N3O4S/c1-16-10-11-18(13-17(16)2)26-25-28(15-19-7-6-12-32-19)24(30)22(33-25)14-23(29)27-20-8-4-5-9-21(20)31-3/h4-5,8-11,13,19,22H,6-7,12,14-15H2,1-3H3,(H,27,29). The highest BCUT2D eigenvalue weighted by Gasteiger charge is 2.40. The molecule has 2 aromatic rings. The zero-order valence-electron chi connectivity index (χ0n) is 19.2. The van der Waals surface area contributed by atoms with Gasteiger partial charge in [-0.2, -0.15) is 0 Å². The fraction of sp³-hybridized carbons (Fsp3) is 0.400. The van der Waals surface area contributed by atoms with Crippen LogP contribution in [-0.4, -0.2) is 53.5 Å². The summed E-state index contributed by atoms with van der Waals surface area (Å²) in [5.41, 5.74) is 3.71. The normalized spacial score (nSPS) is 21.6. The van der Waals surface area contributed by atoms with Crippen LogP contribution in [0.2, 0.25) is 0 Å². The number of hydrogen-bond donors (Lipinski definition) is 1. The van der Waals surface area contributed by atoms with Gasteiger partial charge in [-0.3, -0.25) is 14.5 Å². The third-order valence-electron chi connectivity index (χ3n) is 5.90. The molecule has 174 valence electrons. The lowest BCUT2D eigenvalue weighted by atomic mass is 10.1. The van der Waals surface area contributed by atoms with Crippen LogP contribution in [0.4, 0.5) is 11.4 Å². The molecule has 2 fully saturated rings. The minimum atomic E-state index is -0.536. The number of ether oxygens (including phenoxy) is 2. The summed E-state index contributed by atoms with van der Waals surface area (Å²) in [5.74, 6) is 0.233. The lowest BCUT2D eigenvalue weighted by molar-refractivity contribution is -0.129. The fourth-order valence-electron chi connectivity index (χ4n) is 3.91. The van der Waals surface area contributed by atoms with Crippen molar-refractivity contribution in [2.75, 3.05) is 25.6 Å². The smallest absolute Gasteiger partial charge is 0.242 e.